The number of hydrogen-bond acceptors (Lipinski definition) is 2. The predicted molar refractivity (Wildman–Crippen MR) is 89.6 cm³/mol. The number of alkyl halides is 1. The summed E-state index contributed by atoms with van der Waals surface area (Å²) in [7, 11) is 1.65. The molecule has 0 unspecified atom stereocenters. The molecule has 0 saturated heterocycles. The molecule has 3 rings (SSSR count). The number of methoxy groups -OCH3 is 1. The minimum atomic E-state index is 0.350. The highest BCUT2D eigenvalue weighted by Gasteiger charge is 2.14. The molecule has 0 spiro atoms. The minimum Gasteiger partial charge on any atom is -0.497 e. The molecule has 0 aliphatic carbocycles. The van der Waals surface area contributed by atoms with Crippen LogP contribution in [0.5, 0.6) is 5.75 Å². The van der Waals surface area contributed by atoms with Crippen molar-refractivity contribution in [1.82, 2.24) is 9.55 Å². The van der Waals surface area contributed by atoms with Gasteiger partial charge < -0.3 is 4.74 Å². The van der Waals surface area contributed by atoms with Crippen LogP contribution >= 0.6 is 27.5 Å². The van der Waals surface area contributed by atoms with Gasteiger partial charge in [0.05, 0.1) is 29.7 Å². The second-order valence-electron chi connectivity index (χ2n) is 4.78. The van der Waals surface area contributed by atoms with Crippen molar-refractivity contribution in [1.29, 1.82) is 0 Å². The van der Waals surface area contributed by atoms with Gasteiger partial charge in [0.25, 0.3) is 0 Å². The lowest BCUT2D eigenvalue weighted by Crippen LogP contribution is -2.01. The molecular formula is C16H14BrClN2O. The zero-order chi connectivity index (χ0) is 15.0. The quantitative estimate of drug-likeness (QED) is 0.621. The van der Waals surface area contributed by atoms with Crippen molar-refractivity contribution < 1.29 is 4.74 Å². The van der Waals surface area contributed by atoms with Gasteiger partial charge >= 0.3 is 0 Å². The van der Waals surface area contributed by atoms with Crippen molar-refractivity contribution in [2.45, 2.75) is 12.8 Å². The molecule has 1 heterocycles. The van der Waals surface area contributed by atoms with Gasteiger partial charge in [-0.1, -0.05) is 22.0 Å². The van der Waals surface area contributed by atoms with Gasteiger partial charge in [-0.05, 0) is 36.8 Å². The third-order valence-electron chi connectivity index (χ3n) is 3.46. The lowest BCUT2D eigenvalue weighted by atomic mass is 10.2. The maximum atomic E-state index is 6.09. The van der Waals surface area contributed by atoms with Crippen molar-refractivity contribution in [3.63, 3.8) is 0 Å². The number of imidazole rings is 1. The number of rotatable bonds is 3. The smallest absolute Gasteiger partial charge is 0.129 e. The first-order chi connectivity index (χ1) is 10.1. The first-order valence-corrected chi connectivity index (χ1v) is 7.84. The Kier molecular flexibility index (Phi) is 3.91. The SMILES string of the molecule is COc1ccc2c(c1)nc(CCl)n2-c1cc(Br)ccc1C. The topological polar surface area (TPSA) is 27.1 Å². The highest BCUT2D eigenvalue weighted by atomic mass is 79.9. The van der Waals surface area contributed by atoms with Gasteiger partial charge in [-0.25, -0.2) is 4.98 Å². The van der Waals surface area contributed by atoms with Crippen LogP contribution in [0, 0.1) is 6.92 Å². The molecule has 1 aromatic heterocycles. The molecule has 0 amide bonds. The summed E-state index contributed by atoms with van der Waals surface area (Å²) in [5.74, 6) is 1.96. The molecule has 0 atom stereocenters. The Labute approximate surface area is 136 Å². The molecule has 2 aromatic carbocycles. The molecule has 0 fully saturated rings. The van der Waals surface area contributed by atoms with E-state index in [1.165, 1.54) is 5.56 Å². The van der Waals surface area contributed by atoms with E-state index in [9.17, 15) is 0 Å². The summed E-state index contributed by atoms with van der Waals surface area (Å²) >= 11 is 9.62. The molecule has 21 heavy (non-hydrogen) atoms. The summed E-state index contributed by atoms with van der Waals surface area (Å²) < 4.78 is 8.39. The molecule has 0 radical (unpaired) electrons. The summed E-state index contributed by atoms with van der Waals surface area (Å²) in [4.78, 5) is 4.62. The van der Waals surface area contributed by atoms with Crippen molar-refractivity contribution in [2.75, 3.05) is 7.11 Å². The van der Waals surface area contributed by atoms with Gasteiger partial charge in [0.1, 0.15) is 11.6 Å². The normalized spacial score (nSPS) is 11.0. The number of hydrogen-bond donors (Lipinski definition) is 0. The van der Waals surface area contributed by atoms with E-state index in [2.05, 4.69) is 44.5 Å². The zero-order valence-corrected chi connectivity index (χ0v) is 14.1. The number of aryl methyl sites for hydroxylation is 1. The Morgan fingerprint density at radius 2 is 2.05 bits per heavy atom. The predicted octanol–water partition coefficient (Wildman–Crippen LogP) is 4.84. The molecule has 3 nitrogen and oxygen atoms in total. The lowest BCUT2D eigenvalue weighted by molar-refractivity contribution is 0.415. The van der Waals surface area contributed by atoms with Gasteiger partial charge in [0, 0.05) is 10.5 Å². The van der Waals surface area contributed by atoms with E-state index in [1.54, 1.807) is 7.11 Å². The van der Waals surface area contributed by atoms with Gasteiger partial charge in [-0.3, -0.25) is 4.57 Å². The van der Waals surface area contributed by atoms with Crippen LogP contribution in [-0.4, -0.2) is 16.7 Å². The zero-order valence-electron chi connectivity index (χ0n) is 11.7. The Balaban J connectivity index is 2.32. The molecule has 0 aliphatic heterocycles. The fourth-order valence-corrected chi connectivity index (χ4v) is 2.95. The van der Waals surface area contributed by atoms with E-state index in [0.29, 0.717) is 5.88 Å². The van der Waals surface area contributed by atoms with Crippen LogP contribution in [0.15, 0.2) is 40.9 Å². The average molecular weight is 366 g/mol. The van der Waals surface area contributed by atoms with Crippen LogP contribution in [0.4, 0.5) is 0 Å². The summed E-state index contributed by atoms with van der Waals surface area (Å²) in [5.41, 5.74) is 4.14. The van der Waals surface area contributed by atoms with E-state index in [-0.39, 0.29) is 0 Å². The van der Waals surface area contributed by atoms with Crippen molar-refractivity contribution >= 4 is 38.6 Å². The molecule has 0 saturated carbocycles. The van der Waals surface area contributed by atoms with Crippen molar-refractivity contribution in [2.24, 2.45) is 0 Å². The monoisotopic (exact) mass is 364 g/mol. The van der Waals surface area contributed by atoms with Crippen molar-refractivity contribution in [3.05, 3.63) is 52.3 Å². The third kappa shape index (κ3) is 2.54. The van der Waals surface area contributed by atoms with Gasteiger partial charge in [-0.15, -0.1) is 11.6 Å². The van der Waals surface area contributed by atoms with Gasteiger partial charge in [0.15, 0.2) is 0 Å². The Bertz CT molecular complexity index is 813. The highest BCUT2D eigenvalue weighted by molar-refractivity contribution is 9.10. The molecule has 108 valence electrons. The molecule has 0 aliphatic rings. The van der Waals surface area contributed by atoms with E-state index in [0.717, 1.165) is 32.8 Å². The number of aromatic nitrogens is 2. The lowest BCUT2D eigenvalue weighted by Gasteiger charge is -2.11. The van der Waals surface area contributed by atoms with Crippen LogP contribution in [0.1, 0.15) is 11.4 Å². The largest absolute Gasteiger partial charge is 0.497 e. The number of fused-ring (bicyclic) bond motifs is 1. The fraction of sp³-hybridized carbons (Fsp3) is 0.188. The van der Waals surface area contributed by atoms with Crippen LogP contribution in [0.25, 0.3) is 16.7 Å². The maximum absolute atomic E-state index is 6.09. The highest BCUT2D eigenvalue weighted by Crippen LogP contribution is 2.29. The van der Waals surface area contributed by atoms with E-state index in [4.69, 9.17) is 16.3 Å². The Hall–Kier alpha value is -1.52. The second kappa shape index (κ2) is 5.70. The number of benzene rings is 2. The van der Waals surface area contributed by atoms with Crippen LogP contribution < -0.4 is 4.74 Å². The first kappa shape index (κ1) is 14.4. The van der Waals surface area contributed by atoms with Crippen LogP contribution in [0.2, 0.25) is 0 Å². The summed E-state index contributed by atoms with van der Waals surface area (Å²) in [6.07, 6.45) is 0. The molecule has 0 N–H and O–H groups in total. The Morgan fingerprint density at radius 3 is 2.76 bits per heavy atom. The fourth-order valence-electron chi connectivity index (χ4n) is 2.42. The third-order valence-corrected chi connectivity index (χ3v) is 4.20. The summed E-state index contributed by atoms with van der Waals surface area (Å²) in [6.45, 7) is 2.08. The standard InChI is InChI=1S/C16H14BrClN2O/c1-10-3-4-11(17)7-15(10)20-14-6-5-12(21-2)8-13(14)19-16(20)9-18/h3-8H,9H2,1-2H3. The number of nitrogens with zero attached hydrogens (tertiary/aromatic N) is 2. The summed E-state index contributed by atoms with van der Waals surface area (Å²) in [6, 6.07) is 12.1. The van der Waals surface area contributed by atoms with E-state index < -0.39 is 0 Å². The first-order valence-electron chi connectivity index (χ1n) is 6.52. The second-order valence-corrected chi connectivity index (χ2v) is 5.97. The van der Waals surface area contributed by atoms with Crippen LogP contribution in [-0.2, 0) is 5.88 Å². The molecule has 5 heteroatoms. The molecule has 0 bridgehead atoms. The minimum absolute atomic E-state index is 0.350. The van der Waals surface area contributed by atoms with Gasteiger partial charge in [0.2, 0.25) is 0 Å². The van der Waals surface area contributed by atoms with E-state index >= 15 is 0 Å². The molecular weight excluding hydrogens is 352 g/mol. The summed E-state index contributed by atoms with van der Waals surface area (Å²) in [5, 5.41) is 0. The van der Waals surface area contributed by atoms with Crippen LogP contribution in [0.3, 0.4) is 0 Å². The average Bonchev–Trinajstić information content (AvgIpc) is 2.87. The van der Waals surface area contributed by atoms with Crippen molar-refractivity contribution in [3.8, 4) is 11.4 Å². The maximum Gasteiger partial charge on any atom is 0.129 e. The number of halogens is 2. The Morgan fingerprint density at radius 1 is 1.24 bits per heavy atom. The van der Waals surface area contributed by atoms with Gasteiger partial charge in [-0.2, -0.15) is 0 Å². The number of ether oxygens (including phenoxy) is 1. The molecule has 3 aromatic rings. The van der Waals surface area contributed by atoms with E-state index in [1.807, 2.05) is 24.3 Å².